The number of nitrogens with zero attached hydrogens (tertiary/aromatic N) is 1. The first-order valence-electron chi connectivity index (χ1n) is 5.68. The number of esters is 1. The van der Waals surface area contributed by atoms with E-state index >= 15 is 0 Å². The smallest absolute Gasteiger partial charge is 0.310 e. The van der Waals surface area contributed by atoms with E-state index in [9.17, 15) is 14.4 Å². The summed E-state index contributed by atoms with van der Waals surface area (Å²) in [6.07, 6.45) is 0.194. The van der Waals surface area contributed by atoms with Gasteiger partial charge in [-0.2, -0.15) is 0 Å². The zero-order chi connectivity index (χ0) is 12.6. The van der Waals surface area contributed by atoms with Crippen molar-refractivity contribution in [2.45, 2.75) is 19.4 Å². The number of amides is 2. The molecule has 6 heteroatoms. The molecule has 0 saturated carbocycles. The Balaban J connectivity index is 2.04. The third-order valence-electron chi connectivity index (χ3n) is 3.53. The number of hydrogen-bond acceptors (Lipinski definition) is 5. The van der Waals surface area contributed by atoms with Crippen molar-refractivity contribution in [2.75, 3.05) is 20.2 Å². The van der Waals surface area contributed by atoms with Crippen LogP contribution in [-0.2, 0) is 19.1 Å². The van der Waals surface area contributed by atoms with Gasteiger partial charge in [-0.05, 0) is 5.92 Å². The molecule has 0 radical (unpaired) electrons. The first-order valence-corrected chi connectivity index (χ1v) is 5.68. The van der Waals surface area contributed by atoms with Gasteiger partial charge in [-0.15, -0.1) is 0 Å². The van der Waals surface area contributed by atoms with Crippen molar-refractivity contribution in [1.29, 1.82) is 0 Å². The Labute approximate surface area is 99.3 Å². The molecule has 2 aliphatic heterocycles. The number of ether oxygens (including phenoxy) is 1. The van der Waals surface area contributed by atoms with Gasteiger partial charge in [-0.3, -0.25) is 24.6 Å². The van der Waals surface area contributed by atoms with Crippen molar-refractivity contribution in [3.63, 3.8) is 0 Å². The predicted octanol–water partition coefficient (Wildman–Crippen LogP) is -0.858. The van der Waals surface area contributed by atoms with Gasteiger partial charge in [0.1, 0.15) is 0 Å². The topological polar surface area (TPSA) is 75.7 Å². The molecule has 1 N–H and O–H groups in total. The van der Waals surface area contributed by atoms with Crippen LogP contribution in [0.2, 0.25) is 0 Å². The summed E-state index contributed by atoms with van der Waals surface area (Å²) in [6.45, 7) is 3.08. The van der Waals surface area contributed by atoms with Crippen LogP contribution in [0.5, 0.6) is 0 Å². The predicted molar refractivity (Wildman–Crippen MR) is 57.8 cm³/mol. The monoisotopic (exact) mass is 240 g/mol. The standard InChI is InChI=1S/C11H16N2O4/c1-6-4-13(5-7(6)11(16)17-2)8-3-9(14)12-10(8)15/h6-8H,3-5H2,1-2H3,(H,12,14,15). The van der Waals surface area contributed by atoms with Gasteiger partial charge in [0.15, 0.2) is 0 Å². The molecule has 0 aromatic rings. The second kappa shape index (κ2) is 4.44. The fraction of sp³-hybridized carbons (Fsp3) is 0.727. The molecule has 0 spiro atoms. The molecule has 0 bridgehead atoms. The van der Waals surface area contributed by atoms with E-state index in [0.717, 1.165) is 0 Å². The zero-order valence-electron chi connectivity index (χ0n) is 9.93. The summed E-state index contributed by atoms with van der Waals surface area (Å²) in [6, 6.07) is -0.417. The van der Waals surface area contributed by atoms with E-state index in [-0.39, 0.29) is 36.0 Å². The Bertz CT molecular complexity index is 368. The second-order valence-corrected chi connectivity index (χ2v) is 4.69. The third-order valence-corrected chi connectivity index (χ3v) is 3.53. The van der Waals surface area contributed by atoms with Crippen molar-refractivity contribution in [2.24, 2.45) is 11.8 Å². The number of nitrogens with one attached hydrogen (secondary N) is 1. The van der Waals surface area contributed by atoms with Crippen molar-refractivity contribution < 1.29 is 19.1 Å². The highest BCUT2D eigenvalue weighted by atomic mass is 16.5. The summed E-state index contributed by atoms with van der Waals surface area (Å²) in [7, 11) is 1.36. The summed E-state index contributed by atoms with van der Waals surface area (Å²) in [4.78, 5) is 36.1. The normalized spacial score (nSPS) is 33.9. The van der Waals surface area contributed by atoms with E-state index in [1.807, 2.05) is 11.8 Å². The molecular weight excluding hydrogens is 224 g/mol. The molecule has 2 heterocycles. The molecule has 2 amide bonds. The van der Waals surface area contributed by atoms with Gasteiger partial charge in [0.25, 0.3) is 0 Å². The molecule has 2 fully saturated rings. The van der Waals surface area contributed by atoms with Crippen molar-refractivity contribution >= 4 is 17.8 Å². The summed E-state index contributed by atoms with van der Waals surface area (Å²) >= 11 is 0. The number of likely N-dealkylation sites (tertiary alicyclic amines) is 1. The molecule has 2 rings (SSSR count). The molecule has 3 unspecified atom stereocenters. The number of carbonyl (C=O) groups is 3. The summed E-state index contributed by atoms with van der Waals surface area (Å²) in [5, 5.41) is 2.28. The van der Waals surface area contributed by atoms with E-state index in [1.54, 1.807) is 0 Å². The summed E-state index contributed by atoms with van der Waals surface area (Å²) in [5.74, 6) is -0.805. The highest BCUT2D eigenvalue weighted by Crippen LogP contribution is 2.27. The molecule has 0 aromatic carbocycles. The van der Waals surface area contributed by atoms with E-state index < -0.39 is 6.04 Å². The van der Waals surface area contributed by atoms with Gasteiger partial charge in [0.2, 0.25) is 11.8 Å². The summed E-state index contributed by atoms with van der Waals surface area (Å²) < 4.78 is 4.73. The maximum atomic E-state index is 11.5. The first kappa shape index (κ1) is 12.0. The van der Waals surface area contributed by atoms with E-state index in [1.165, 1.54) is 7.11 Å². The minimum Gasteiger partial charge on any atom is -0.469 e. The fourth-order valence-corrected chi connectivity index (χ4v) is 2.55. The molecule has 0 aliphatic carbocycles. The molecule has 94 valence electrons. The maximum absolute atomic E-state index is 11.5. The Hall–Kier alpha value is -1.43. The Morgan fingerprint density at radius 2 is 2.12 bits per heavy atom. The van der Waals surface area contributed by atoms with Crippen LogP contribution in [0.4, 0.5) is 0 Å². The van der Waals surface area contributed by atoms with Gasteiger partial charge in [0, 0.05) is 13.1 Å². The first-order chi connectivity index (χ1) is 8.02. The number of carbonyl (C=O) groups excluding carboxylic acids is 3. The molecule has 0 aromatic heterocycles. The summed E-state index contributed by atoms with van der Waals surface area (Å²) in [5.41, 5.74) is 0. The Morgan fingerprint density at radius 3 is 2.65 bits per heavy atom. The average Bonchev–Trinajstić information content (AvgIpc) is 2.80. The largest absolute Gasteiger partial charge is 0.469 e. The van der Waals surface area contributed by atoms with E-state index in [4.69, 9.17) is 4.74 Å². The quantitative estimate of drug-likeness (QED) is 0.502. The Kier molecular flexibility index (Phi) is 3.15. The highest BCUT2D eigenvalue weighted by molar-refractivity contribution is 6.05. The zero-order valence-corrected chi connectivity index (χ0v) is 9.93. The van der Waals surface area contributed by atoms with Crippen molar-refractivity contribution in [1.82, 2.24) is 10.2 Å². The van der Waals surface area contributed by atoms with Crippen LogP contribution in [0.25, 0.3) is 0 Å². The number of rotatable bonds is 2. The molecule has 17 heavy (non-hydrogen) atoms. The lowest BCUT2D eigenvalue weighted by Crippen LogP contribution is -2.39. The van der Waals surface area contributed by atoms with Crippen LogP contribution < -0.4 is 5.32 Å². The van der Waals surface area contributed by atoms with Crippen LogP contribution in [0.15, 0.2) is 0 Å². The average molecular weight is 240 g/mol. The van der Waals surface area contributed by atoms with Gasteiger partial charge in [-0.25, -0.2) is 0 Å². The van der Waals surface area contributed by atoms with Crippen molar-refractivity contribution in [3.8, 4) is 0 Å². The number of hydrogen-bond donors (Lipinski definition) is 1. The van der Waals surface area contributed by atoms with Gasteiger partial charge in [0.05, 0.1) is 25.5 Å². The molecule has 3 atom stereocenters. The lowest BCUT2D eigenvalue weighted by Gasteiger charge is -2.20. The lowest BCUT2D eigenvalue weighted by atomic mass is 9.99. The molecule has 6 nitrogen and oxygen atoms in total. The molecule has 2 saturated heterocycles. The van der Waals surface area contributed by atoms with Crippen LogP contribution in [0.1, 0.15) is 13.3 Å². The lowest BCUT2D eigenvalue weighted by molar-refractivity contribution is -0.146. The van der Waals surface area contributed by atoms with Gasteiger partial charge >= 0.3 is 5.97 Å². The third kappa shape index (κ3) is 2.17. The van der Waals surface area contributed by atoms with Gasteiger partial charge < -0.3 is 4.74 Å². The maximum Gasteiger partial charge on any atom is 0.310 e. The molecule has 2 aliphatic rings. The van der Waals surface area contributed by atoms with Crippen LogP contribution >= 0.6 is 0 Å². The van der Waals surface area contributed by atoms with Crippen molar-refractivity contribution in [3.05, 3.63) is 0 Å². The second-order valence-electron chi connectivity index (χ2n) is 4.69. The Morgan fingerprint density at radius 1 is 1.41 bits per heavy atom. The SMILES string of the molecule is COC(=O)C1CN(C2CC(=O)NC2=O)CC1C. The van der Waals surface area contributed by atoms with Crippen LogP contribution in [0.3, 0.4) is 0 Å². The van der Waals surface area contributed by atoms with Crippen LogP contribution in [-0.4, -0.2) is 48.9 Å². The highest BCUT2D eigenvalue weighted by Gasteiger charge is 2.43. The van der Waals surface area contributed by atoms with E-state index in [0.29, 0.717) is 13.1 Å². The van der Waals surface area contributed by atoms with E-state index in [2.05, 4.69) is 5.32 Å². The van der Waals surface area contributed by atoms with Crippen LogP contribution in [0, 0.1) is 11.8 Å². The van der Waals surface area contributed by atoms with Gasteiger partial charge in [-0.1, -0.05) is 6.92 Å². The minimum atomic E-state index is -0.417. The molecular formula is C11H16N2O4. The minimum absolute atomic E-state index is 0.144. The number of imide groups is 1. The fourth-order valence-electron chi connectivity index (χ4n) is 2.55. The number of methoxy groups -OCH3 is 1.